The van der Waals surface area contributed by atoms with E-state index in [0.717, 1.165) is 45.9 Å². The van der Waals surface area contributed by atoms with Gasteiger partial charge in [0.25, 0.3) is 0 Å². The van der Waals surface area contributed by atoms with E-state index in [0.29, 0.717) is 5.82 Å². The summed E-state index contributed by atoms with van der Waals surface area (Å²) in [5.41, 5.74) is 2.87. The molecule has 20 heavy (non-hydrogen) atoms. The van der Waals surface area contributed by atoms with Gasteiger partial charge in [-0.05, 0) is 54.5 Å². The molecule has 0 aliphatic carbocycles. The number of aromatic nitrogens is 3. The van der Waals surface area contributed by atoms with Gasteiger partial charge in [-0.15, -0.1) is 0 Å². The van der Waals surface area contributed by atoms with Crippen LogP contribution in [0.2, 0.25) is 0 Å². The van der Waals surface area contributed by atoms with Crippen LogP contribution in [0.3, 0.4) is 0 Å². The molecule has 0 spiro atoms. The Morgan fingerprint density at radius 1 is 1.15 bits per heavy atom. The quantitative estimate of drug-likeness (QED) is 0.799. The summed E-state index contributed by atoms with van der Waals surface area (Å²) < 4.78 is 1.11. The van der Waals surface area contributed by atoms with Crippen LogP contribution in [0.4, 0.5) is 5.82 Å². The maximum absolute atomic E-state index is 4.65. The molecule has 2 heterocycles. The molecule has 0 amide bonds. The second-order valence-corrected chi connectivity index (χ2v) is 5.68. The number of anilines is 1. The average Bonchev–Trinajstić information content (AvgIpc) is 2.46. The van der Waals surface area contributed by atoms with Gasteiger partial charge in [0.2, 0.25) is 0 Å². The Hall–Kier alpha value is -1.24. The van der Waals surface area contributed by atoms with Gasteiger partial charge in [-0.25, -0.2) is 15.0 Å². The molecule has 0 aliphatic heterocycles. The summed E-state index contributed by atoms with van der Waals surface area (Å²) in [5.74, 6) is 1.61. The highest BCUT2D eigenvalue weighted by atomic mass is 127. The highest BCUT2D eigenvalue weighted by Crippen LogP contribution is 2.23. The van der Waals surface area contributed by atoms with Gasteiger partial charge in [0.1, 0.15) is 11.5 Å². The van der Waals surface area contributed by atoms with Gasteiger partial charge >= 0.3 is 0 Å². The second-order valence-electron chi connectivity index (χ2n) is 4.60. The lowest BCUT2D eigenvalue weighted by Crippen LogP contribution is -2.09. The van der Waals surface area contributed by atoms with Crippen molar-refractivity contribution in [3.05, 3.63) is 33.2 Å². The van der Waals surface area contributed by atoms with Gasteiger partial charge in [0.05, 0.1) is 9.26 Å². The van der Waals surface area contributed by atoms with E-state index in [-0.39, 0.29) is 0 Å². The molecule has 0 aromatic carbocycles. The first-order chi connectivity index (χ1) is 9.65. The third kappa shape index (κ3) is 3.45. The molecule has 0 aliphatic rings. The van der Waals surface area contributed by atoms with E-state index in [2.05, 4.69) is 56.7 Å². The van der Waals surface area contributed by atoms with Crippen molar-refractivity contribution in [1.29, 1.82) is 0 Å². The molecule has 106 valence electrons. The van der Waals surface area contributed by atoms with E-state index >= 15 is 0 Å². The van der Waals surface area contributed by atoms with Crippen molar-refractivity contribution in [2.75, 3.05) is 11.9 Å². The lowest BCUT2D eigenvalue weighted by atomic mass is 10.2. The highest BCUT2D eigenvalue weighted by molar-refractivity contribution is 14.1. The fourth-order valence-corrected chi connectivity index (χ4v) is 2.68. The minimum absolute atomic E-state index is 0.699. The minimum atomic E-state index is 0.699. The van der Waals surface area contributed by atoms with Crippen molar-refractivity contribution in [1.82, 2.24) is 15.0 Å². The van der Waals surface area contributed by atoms with Crippen LogP contribution in [0.15, 0.2) is 18.2 Å². The van der Waals surface area contributed by atoms with E-state index in [1.165, 1.54) is 0 Å². The van der Waals surface area contributed by atoms with Crippen LogP contribution in [0.5, 0.6) is 0 Å². The van der Waals surface area contributed by atoms with Crippen LogP contribution in [0.25, 0.3) is 11.5 Å². The Kier molecular flexibility index (Phi) is 5.28. The molecular formula is C15H19IN4. The molecule has 0 atom stereocenters. The van der Waals surface area contributed by atoms with Crippen LogP contribution in [-0.4, -0.2) is 21.5 Å². The zero-order chi connectivity index (χ0) is 14.5. The summed E-state index contributed by atoms with van der Waals surface area (Å²) in [6.07, 6.45) is 1.96. The standard InChI is InChI=1S/C15H19IN4/c1-4-9-17-15-13(16)11(5-2)19-14(20-15)12-8-6-7-10(3)18-12/h6-8H,4-5,9H2,1-3H3,(H,17,19,20). The topological polar surface area (TPSA) is 50.7 Å². The zero-order valence-electron chi connectivity index (χ0n) is 12.1. The van der Waals surface area contributed by atoms with E-state index in [1.54, 1.807) is 0 Å². The molecule has 2 aromatic rings. The maximum Gasteiger partial charge on any atom is 0.180 e. The minimum Gasteiger partial charge on any atom is -0.369 e. The Morgan fingerprint density at radius 2 is 1.95 bits per heavy atom. The Bertz CT molecular complexity index is 598. The number of hydrogen-bond acceptors (Lipinski definition) is 4. The van der Waals surface area contributed by atoms with E-state index in [1.807, 2.05) is 25.1 Å². The lowest BCUT2D eigenvalue weighted by Gasteiger charge is -2.11. The van der Waals surface area contributed by atoms with Crippen LogP contribution in [0, 0.1) is 10.5 Å². The average molecular weight is 382 g/mol. The van der Waals surface area contributed by atoms with Gasteiger partial charge in [0.15, 0.2) is 5.82 Å². The summed E-state index contributed by atoms with van der Waals surface area (Å²) in [7, 11) is 0. The number of rotatable bonds is 5. The molecule has 4 nitrogen and oxygen atoms in total. The van der Waals surface area contributed by atoms with E-state index in [4.69, 9.17) is 0 Å². The second kappa shape index (κ2) is 6.97. The molecule has 5 heteroatoms. The van der Waals surface area contributed by atoms with Crippen LogP contribution < -0.4 is 5.32 Å². The number of nitrogens with zero attached hydrogens (tertiary/aromatic N) is 3. The lowest BCUT2D eigenvalue weighted by molar-refractivity contribution is 0.939. The number of aryl methyl sites for hydroxylation is 2. The molecule has 1 N–H and O–H groups in total. The summed E-state index contributed by atoms with van der Waals surface area (Å²) in [6, 6.07) is 5.93. The van der Waals surface area contributed by atoms with Gasteiger partial charge < -0.3 is 5.32 Å². The summed E-state index contributed by atoms with van der Waals surface area (Å²) >= 11 is 2.32. The van der Waals surface area contributed by atoms with Crippen molar-refractivity contribution in [2.24, 2.45) is 0 Å². The zero-order valence-corrected chi connectivity index (χ0v) is 14.2. The first-order valence-electron chi connectivity index (χ1n) is 6.90. The fraction of sp³-hybridized carbons (Fsp3) is 0.400. The molecule has 0 fully saturated rings. The van der Waals surface area contributed by atoms with E-state index < -0.39 is 0 Å². The predicted molar refractivity (Wildman–Crippen MR) is 90.9 cm³/mol. The Labute approximate surface area is 133 Å². The molecule has 2 aromatic heterocycles. The molecule has 0 bridgehead atoms. The van der Waals surface area contributed by atoms with Gasteiger partial charge in [-0.2, -0.15) is 0 Å². The number of nitrogens with one attached hydrogen (secondary N) is 1. The van der Waals surface area contributed by atoms with Gasteiger partial charge in [-0.1, -0.05) is 19.9 Å². The van der Waals surface area contributed by atoms with Gasteiger partial charge in [0, 0.05) is 12.2 Å². The molecular weight excluding hydrogens is 363 g/mol. The largest absolute Gasteiger partial charge is 0.369 e. The number of hydrogen-bond donors (Lipinski definition) is 1. The SMILES string of the molecule is CCCNc1nc(-c2cccc(C)n2)nc(CC)c1I. The first-order valence-corrected chi connectivity index (χ1v) is 7.97. The smallest absolute Gasteiger partial charge is 0.180 e. The Morgan fingerprint density at radius 3 is 2.60 bits per heavy atom. The summed E-state index contributed by atoms with van der Waals surface area (Å²) in [6.45, 7) is 7.15. The third-order valence-corrected chi connectivity index (χ3v) is 4.05. The van der Waals surface area contributed by atoms with Gasteiger partial charge in [-0.3, -0.25) is 0 Å². The molecule has 0 unspecified atom stereocenters. The fourth-order valence-electron chi connectivity index (χ4n) is 1.87. The molecule has 0 saturated heterocycles. The highest BCUT2D eigenvalue weighted by Gasteiger charge is 2.12. The van der Waals surface area contributed by atoms with Crippen molar-refractivity contribution >= 4 is 28.4 Å². The van der Waals surface area contributed by atoms with Crippen molar-refractivity contribution in [3.63, 3.8) is 0 Å². The van der Waals surface area contributed by atoms with Crippen LogP contribution >= 0.6 is 22.6 Å². The maximum atomic E-state index is 4.65. The number of halogens is 1. The van der Waals surface area contributed by atoms with Crippen molar-refractivity contribution < 1.29 is 0 Å². The predicted octanol–water partition coefficient (Wildman–Crippen LogP) is 3.84. The van der Waals surface area contributed by atoms with Crippen LogP contribution in [-0.2, 0) is 6.42 Å². The molecule has 0 saturated carbocycles. The monoisotopic (exact) mass is 382 g/mol. The normalized spacial score (nSPS) is 10.6. The summed E-state index contributed by atoms with van der Waals surface area (Å²) in [4.78, 5) is 13.8. The van der Waals surface area contributed by atoms with Crippen LogP contribution in [0.1, 0.15) is 31.7 Å². The van der Waals surface area contributed by atoms with Crippen molar-refractivity contribution in [3.8, 4) is 11.5 Å². The van der Waals surface area contributed by atoms with E-state index in [9.17, 15) is 0 Å². The third-order valence-electron chi connectivity index (χ3n) is 2.91. The summed E-state index contributed by atoms with van der Waals surface area (Å²) in [5, 5.41) is 3.38. The molecule has 2 rings (SSSR count). The Balaban J connectivity index is 2.48. The molecule has 0 radical (unpaired) electrons. The number of pyridine rings is 1. The van der Waals surface area contributed by atoms with Crippen molar-refractivity contribution in [2.45, 2.75) is 33.6 Å². The first kappa shape index (κ1) is 15.2.